The molecule has 0 aliphatic heterocycles. The second-order valence-corrected chi connectivity index (χ2v) is 8.40. The molecule has 2 aromatic rings. The number of hydrogen-bond donors (Lipinski definition) is 1. The van der Waals surface area contributed by atoms with Crippen molar-refractivity contribution in [1.29, 1.82) is 0 Å². The summed E-state index contributed by atoms with van der Waals surface area (Å²) in [6, 6.07) is 5.17. The zero-order valence-electron chi connectivity index (χ0n) is 9.58. The largest absolute Gasteiger partial charge is 0.280 e. The first-order valence-corrected chi connectivity index (χ1v) is 8.50. The van der Waals surface area contributed by atoms with Crippen molar-refractivity contribution in [1.82, 2.24) is 0 Å². The first-order valence-electron chi connectivity index (χ1n) is 5.03. The molecule has 0 bridgehead atoms. The minimum absolute atomic E-state index is 0.136. The highest BCUT2D eigenvalue weighted by Gasteiger charge is 2.19. The Morgan fingerprint density at radius 2 is 2.05 bits per heavy atom. The van der Waals surface area contributed by atoms with Crippen LogP contribution in [0.2, 0.25) is 5.02 Å². The van der Waals surface area contributed by atoms with E-state index in [-0.39, 0.29) is 15.6 Å². The van der Waals surface area contributed by atoms with Crippen LogP contribution in [0.15, 0.2) is 32.9 Å². The number of halogens is 3. The van der Waals surface area contributed by atoms with Crippen LogP contribution in [0, 0.1) is 12.7 Å². The summed E-state index contributed by atoms with van der Waals surface area (Å²) in [6.45, 7) is 1.71. The molecule has 1 N–H and O–H groups in total. The van der Waals surface area contributed by atoms with Crippen molar-refractivity contribution >= 4 is 54.6 Å². The topological polar surface area (TPSA) is 46.2 Å². The summed E-state index contributed by atoms with van der Waals surface area (Å²) in [4.78, 5) is 0.845. The predicted octanol–water partition coefficient (Wildman–Crippen LogP) is 4.41. The van der Waals surface area contributed by atoms with Crippen LogP contribution < -0.4 is 4.72 Å². The van der Waals surface area contributed by atoms with Gasteiger partial charge in [0.1, 0.15) is 10.7 Å². The fourth-order valence-corrected chi connectivity index (χ4v) is 5.11. The third-order valence-electron chi connectivity index (χ3n) is 2.30. The van der Waals surface area contributed by atoms with Crippen LogP contribution in [0.1, 0.15) is 4.88 Å². The first kappa shape index (κ1) is 14.8. The summed E-state index contributed by atoms with van der Waals surface area (Å²) in [5, 5.41) is -0.136. The average Bonchev–Trinajstić information content (AvgIpc) is 2.63. The van der Waals surface area contributed by atoms with E-state index in [1.807, 2.05) is 0 Å². The molecule has 0 fully saturated rings. The highest BCUT2D eigenvalue weighted by Crippen LogP contribution is 2.31. The summed E-state index contributed by atoms with van der Waals surface area (Å²) < 4.78 is 40.4. The fraction of sp³-hybridized carbons (Fsp3) is 0.0909. The molecule has 1 heterocycles. The Morgan fingerprint density at radius 1 is 1.37 bits per heavy atom. The number of anilines is 1. The second-order valence-electron chi connectivity index (χ2n) is 3.71. The van der Waals surface area contributed by atoms with Crippen molar-refractivity contribution in [3.05, 3.63) is 43.8 Å². The molecule has 0 radical (unpaired) electrons. The van der Waals surface area contributed by atoms with Gasteiger partial charge in [-0.25, -0.2) is 12.8 Å². The van der Waals surface area contributed by atoms with Crippen molar-refractivity contribution in [3.8, 4) is 0 Å². The van der Waals surface area contributed by atoms with Gasteiger partial charge in [-0.2, -0.15) is 0 Å². The van der Waals surface area contributed by atoms with Crippen LogP contribution in [0.3, 0.4) is 0 Å². The Balaban J connectivity index is 2.36. The Bertz CT molecular complexity index is 730. The van der Waals surface area contributed by atoms with E-state index >= 15 is 0 Å². The van der Waals surface area contributed by atoms with E-state index in [4.69, 9.17) is 11.6 Å². The minimum Gasteiger partial charge on any atom is -0.280 e. The number of aryl methyl sites for hydroxylation is 1. The van der Waals surface area contributed by atoms with Crippen molar-refractivity contribution < 1.29 is 12.8 Å². The summed E-state index contributed by atoms with van der Waals surface area (Å²) >= 11 is 10.2. The summed E-state index contributed by atoms with van der Waals surface area (Å²) in [5.41, 5.74) is 0.216. The molecule has 0 unspecified atom stereocenters. The molecular formula is C11H8BrClFNO2S2. The van der Waals surface area contributed by atoms with Crippen LogP contribution in [-0.4, -0.2) is 8.42 Å². The lowest BCUT2D eigenvalue weighted by molar-refractivity contribution is 0.601. The first-order chi connectivity index (χ1) is 8.79. The predicted molar refractivity (Wildman–Crippen MR) is 79.0 cm³/mol. The Kier molecular flexibility index (Phi) is 4.20. The van der Waals surface area contributed by atoms with Gasteiger partial charge in [0, 0.05) is 4.88 Å². The van der Waals surface area contributed by atoms with E-state index in [1.165, 1.54) is 29.5 Å². The number of sulfonamides is 1. The lowest BCUT2D eigenvalue weighted by Gasteiger charge is -2.08. The van der Waals surface area contributed by atoms with Crippen molar-refractivity contribution in [2.75, 3.05) is 4.72 Å². The molecule has 1 aromatic carbocycles. The summed E-state index contributed by atoms with van der Waals surface area (Å²) in [7, 11) is -3.70. The highest BCUT2D eigenvalue weighted by molar-refractivity contribution is 9.11. The molecule has 0 saturated carbocycles. The van der Waals surface area contributed by atoms with Gasteiger partial charge in [-0.1, -0.05) is 11.6 Å². The maximum absolute atomic E-state index is 13.0. The fourth-order valence-electron chi connectivity index (χ4n) is 1.47. The highest BCUT2D eigenvalue weighted by atomic mass is 79.9. The molecule has 0 aliphatic rings. The number of benzene rings is 1. The third-order valence-corrected chi connectivity index (χ3v) is 5.78. The van der Waals surface area contributed by atoms with Gasteiger partial charge in [-0.15, -0.1) is 11.3 Å². The quantitative estimate of drug-likeness (QED) is 0.852. The van der Waals surface area contributed by atoms with Crippen LogP contribution in [-0.2, 0) is 10.0 Å². The minimum atomic E-state index is -3.70. The van der Waals surface area contributed by atoms with Gasteiger partial charge in [0.15, 0.2) is 0 Å². The van der Waals surface area contributed by atoms with Crippen LogP contribution in [0.5, 0.6) is 0 Å². The third kappa shape index (κ3) is 3.28. The van der Waals surface area contributed by atoms with E-state index < -0.39 is 15.8 Å². The van der Waals surface area contributed by atoms with Crippen LogP contribution >= 0.6 is 38.9 Å². The molecule has 0 spiro atoms. The Labute approximate surface area is 127 Å². The van der Waals surface area contributed by atoms with E-state index in [2.05, 4.69) is 20.7 Å². The monoisotopic (exact) mass is 383 g/mol. The summed E-state index contributed by atoms with van der Waals surface area (Å²) in [6.07, 6.45) is 0. The maximum atomic E-state index is 13.0. The van der Waals surface area contributed by atoms with Gasteiger partial charge >= 0.3 is 0 Å². The zero-order chi connectivity index (χ0) is 14.2. The van der Waals surface area contributed by atoms with E-state index in [9.17, 15) is 12.8 Å². The number of nitrogens with one attached hydrogen (secondary N) is 1. The Morgan fingerprint density at radius 3 is 2.58 bits per heavy atom. The van der Waals surface area contributed by atoms with Gasteiger partial charge in [0.25, 0.3) is 10.0 Å². The molecule has 102 valence electrons. The van der Waals surface area contributed by atoms with Crippen LogP contribution in [0.25, 0.3) is 0 Å². The number of rotatable bonds is 3. The van der Waals surface area contributed by atoms with Gasteiger partial charge in [0.2, 0.25) is 0 Å². The van der Waals surface area contributed by atoms with Gasteiger partial charge < -0.3 is 0 Å². The second kappa shape index (κ2) is 5.40. The van der Waals surface area contributed by atoms with Gasteiger partial charge in [-0.3, -0.25) is 4.72 Å². The standard InChI is InChI=1S/C11H8BrClFNO2S2/c1-6-10(5-11(12)18-6)19(16,17)15-7-2-3-9(14)8(13)4-7/h2-5,15H,1H3. The molecule has 0 aliphatic carbocycles. The number of hydrogen-bond acceptors (Lipinski definition) is 3. The zero-order valence-corrected chi connectivity index (χ0v) is 13.6. The molecule has 3 nitrogen and oxygen atoms in total. The summed E-state index contributed by atoms with van der Waals surface area (Å²) in [5.74, 6) is -0.598. The molecule has 0 atom stereocenters. The van der Waals surface area contributed by atoms with Crippen LogP contribution in [0.4, 0.5) is 10.1 Å². The molecule has 2 rings (SSSR count). The van der Waals surface area contributed by atoms with Gasteiger partial charge in [0.05, 0.1) is 14.5 Å². The Hall–Kier alpha value is -0.630. The molecule has 1 aromatic heterocycles. The van der Waals surface area contributed by atoms with E-state index in [0.717, 1.165) is 9.85 Å². The number of thiophene rings is 1. The maximum Gasteiger partial charge on any atom is 0.263 e. The smallest absolute Gasteiger partial charge is 0.263 e. The van der Waals surface area contributed by atoms with Crippen molar-refractivity contribution in [2.45, 2.75) is 11.8 Å². The van der Waals surface area contributed by atoms with Crippen molar-refractivity contribution in [3.63, 3.8) is 0 Å². The van der Waals surface area contributed by atoms with E-state index in [1.54, 1.807) is 6.92 Å². The normalized spacial score (nSPS) is 11.6. The lowest BCUT2D eigenvalue weighted by atomic mass is 10.3. The van der Waals surface area contributed by atoms with Crippen molar-refractivity contribution in [2.24, 2.45) is 0 Å². The SMILES string of the molecule is Cc1sc(Br)cc1S(=O)(=O)Nc1ccc(F)c(Cl)c1. The average molecular weight is 385 g/mol. The molecule has 0 amide bonds. The molecular weight excluding hydrogens is 377 g/mol. The molecule has 8 heteroatoms. The molecule has 19 heavy (non-hydrogen) atoms. The van der Waals surface area contributed by atoms with Gasteiger partial charge in [-0.05, 0) is 47.1 Å². The molecule has 0 saturated heterocycles. The lowest BCUT2D eigenvalue weighted by Crippen LogP contribution is -2.13. The van der Waals surface area contributed by atoms with E-state index in [0.29, 0.717) is 4.88 Å².